The van der Waals surface area contributed by atoms with E-state index in [2.05, 4.69) is 9.97 Å². The molecule has 60 valence electrons. The van der Waals surface area contributed by atoms with Gasteiger partial charge in [0.05, 0.1) is 16.3 Å². The highest BCUT2D eigenvalue weighted by Crippen LogP contribution is 2.28. The van der Waals surface area contributed by atoms with E-state index in [-0.39, 0.29) is 0 Å². The van der Waals surface area contributed by atoms with Gasteiger partial charge >= 0.3 is 0 Å². The monoisotopic (exact) mass is 177 g/mol. The van der Waals surface area contributed by atoms with E-state index in [1.807, 2.05) is 17.5 Å². The van der Waals surface area contributed by atoms with Crippen LogP contribution in [-0.2, 0) is 0 Å². The summed E-state index contributed by atoms with van der Waals surface area (Å²) >= 11 is 1.59. The zero-order chi connectivity index (χ0) is 8.39. The molecule has 4 heteroatoms. The minimum atomic E-state index is 0.777. The van der Waals surface area contributed by atoms with Crippen LogP contribution in [0.1, 0.15) is 0 Å². The molecule has 2 heterocycles. The first kappa shape index (κ1) is 7.24. The number of thiophene rings is 1. The molecule has 0 bridgehead atoms. The molecule has 0 spiro atoms. The number of aromatic nitrogens is 2. The van der Waals surface area contributed by atoms with Crippen LogP contribution in [0.2, 0.25) is 0 Å². The molecule has 12 heavy (non-hydrogen) atoms. The van der Waals surface area contributed by atoms with Crippen molar-refractivity contribution in [3.63, 3.8) is 0 Å². The molecule has 2 aromatic heterocycles. The molecule has 3 nitrogen and oxygen atoms in total. The minimum absolute atomic E-state index is 0.777. The zero-order valence-corrected chi connectivity index (χ0v) is 7.08. The van der Waals surface area contributed by atoms with E-state index in [4.69, 9.17) is 5.73 Å². The maximum atomic E-state index is 5.72. The van der Waals surface area contributed by atoms with Crippen LogP contribution in [0.5, 0.6) is 0 Å². The van der Waals surface area contributed by atoms with Crippen molar-refractivity contribution in [1.82, 2.24) is 9.97 Å². The van der Waals surface area contributed by atoms with Crippen molar-refractivity contribution < 1.29 is 0 Å². The second-order valence-corrected chi connectivity index (χ2v) is 3.22. The van der Waals surface area contributed by atoms with Crippen LogP contribution in [0.25, 0.3) is 10.6 Å². The molecule has 0 saturated heterocycles. The molecule has 0 aliphatic rings. The van der Waals surface area contributed by atoms with Gasteiger partial charge in [0.15, 0.2) is 0 Å². The quantitative estimate of drug-likeness (QED) is 0.722. The largest absolute Gasteiger partial charge is 0.397 e. The Morgan fingerprint density at radius 3 is 2.83 bits per heavy atom. The molecule has 2 rings (SSSR count). The Kier molecular flexibility index (Phi) is 1.75. The molecule has 0 amide bonds. The third-order valence-corrected chi connectivity index (χ3v) is 2.46. The average Bonchev–Trinajstić information content (AvgIpc) is 2.53. The van der Waals surface area contributed by atoms with Crippen molar-refractivity contribution in [3.05, 3.63) is 30.0 Å². The minimum Gasteiger partial charge on any atom is -0.397 e. The first-order valence-corrected chi connectivity index (χ1v) is 4.35. The summed E-state index contributed by atoms with van der Waals surface area (Å²) < 4.78 is 0. The second-order valence-electron chi connectivity index (χ2n) is 2.30. The van der Waals surface area contributed by atoms with Gasteiger partial charge in [-0.1, -0.05) is 0 Å². The summed E-state index contributed by atoms with van der Waals surface area (Å²) in [5, 5.41) is 1.95. The van der Waals surface area contributed by atoms with Crippen molar-refractivity contribution >= 4 is 17.0 Å². The van der Waals surface area contributed by atoms with E-state index in [0.29, 0.717) is 0 Å². The fraction of sp³-hybridized carbons (Fsp3) is 0. The predicted molar refractivity (Wildman–Crippen MR) is 49.8 cm³/mol. The normalized spacial score (nSPS) is 10.0. The van der Waals surface area contributed by atoms with Crippen LogP contribution in [0.4, 0.5) is 5.69 Å². The lowest BCUT2D eigenvalue weighted by molar-refractivity contribution is 1.18. The second kappa shape index (κ2) is 2.91. The fourth-order valence-corrected chi connectivity index (χ4v) is 1.75. The van der Waals surface area contributed by atoms with Crippen molar-refractivity contribution in [1.29, 1.82) is 0 Å². The molecule has 2 aromatic rings. The number of nitrogens with two attached hydrogens (primary N) is 1. The molecule has 0 aromatic carbocycles. The summed E-state index contributed by atoms with van der Waals surface area (Å²) in [6.07, 6.45) is 3.23. The van der Waals surface area contributed by atoms with Gasteiger partial charge in [-0.15, -0.1) is 11.3 Å². The zero-order valence-electron chi connectivity index (χ0n) is 6.27. The van der Waals surface area contributed by atoms with Gasteiger partial charge in [-0.05, 0) is 17.5 Å². The van der Waals surface area contributed by atoms with E-state index in [9.17, 15) is 0 Å². The van der Waals surface area contributed by atoms with Crippen LogP contribution >= 0.6 is 11.3 Å². The first-order valence-electron chi connectivity index (χ1n) is 3.47. The maximum absolute atomic E-state index is 5.72. The lowest BCUT2D eigenvalue weighted by Gasteiger charge is -1.95. The van der Waals surface area contributed by atoms with Gasteiger partial charge in [0.25, 0.3) is 0 Å². The lowest BCUT2D eigenvalue weighted by atomic mass is 10.3. The Bertz CT molecular complexity index is 369. The van der Waals surface area contributed by atoms with Gasteiger partial charge < -0.3 is 5.73 Å². The summed E-state index contributed by atoms with van der Waals surface area (Å²) in [6, 6.07) is 3.73. The van der Waals surface area contributed by atoms with Gasteiger partial charge in [-0.3, -0.25) is 0 Å². The van der Waals surface area contributed by atoms with Crippen LogP contribution in [0.3, 0.4) is 0 Å². The van der Waals surface area contributed by atoms with Crippen molar-refractivity contribution in [2.75, 3.05) is 5.73 Å². The molecule has 0 aliphatic carbocycles. The Balaban J connectivity index is 2.51. The Labute approximate surface area is 73.9 Å². The number of hydrogen-bond donors (Lipinski definition) is 1. The number of rotatable bonds is 1. The smallest absolute Gasteiger partial charge is 0.116 e. The van der Waals surface area contributed by atoms with Crippen molar-refractivity contribution in [2.45, 2.75) is 0 Å². The van der Waals surface area contributed by atoms with Crippen molar-refractivity contribution in [2.24, 2.45) is 0 Å². The molecule has 0 atom stereocenters. The van der Waals surface area contributed by atoms with E-state index in [1.54, 1.807) is 17.5 Å². The van der Waals surface area contributed by atoms with Gasteiger partial charge in [0.2, 0.25) is 0 Å². The summed E-state index contributed by atoms with van der Waals surface area (Å²) in [7, 11) is 0. The summed E-state index contributed by atoms with van der Waals surface area (Å²) in [5.41, 5.74) is 7.39. The highest BCUT2D eigenvalue weighted by Gasteiger charge is 2.03. The molecule has 2 N–H and O–H groups in total. The number of nitrogens with zero attached hydrogens (tertiary/aromatic N) is 2. The van der Waals surface area contributed by atoms with Gasteiger partial charge in [-0.25, -0.2) is 9.97 Å². The molecule has 0 saturated carbocycles. The SMILES string of the molecule is Nc1ccsc1-c1ccncn1. The molecule has 0 unspecified atom stereocenters. The molecular weight excluding hydrogens is 170 g/mol. The van der Waals surface area contributed by atoms with Gasteiger partial charge in [0.1, 0.15) is 6.33 Å². The van der Waals surface area contributed by atoms with Crippen molar-refractivity contribution in [3.8, 4) is 10.6 Å². The lowest BCUT2D eigenvalue weighted by Crippen LogP contribution is -1.86. The van der Waals surface area contributed by atoms with Crippen LogP contribution in [0, 0.1) is 0 Å². The third kappa shape index (κ3) is 1.16. The van der Waals surface area contributed by atoms with Crippen LogP contribution in [-0.4, -0.2) is 9.97 Å². The molecule has 0 aliphatic heterocycles. The van der Waals surface area contributed by atoms with Gasteiger partial charge in [-0.2, -0.15) is 0 Å². The van der Waals surface area contributed by atoms with E-state index >= 15 is 0 Å². The average molecular weight is 177 g/mol. The summed E-state index contributed by atoms with van der Waals surface area (Å²) in [5.74, 6) is 0. The summed E-state index contributed by atoms with van der Waals surface area (Å²) in [4.78, 5) is 8.95. The third-order valence-electron chi connectivity index (χ3n) is 1.51. The number of hydrogen-bond acceptors (Lipinski definition) is 4. The maximum Gasteiger partial charge on any atom is 0.116 e. The number of nitrogen functional groups attached to an aromatic ring is 1. The Morgan fingerprint density at radius 1 is 1.33 bits per heavy atom. The Hall–Kier alpha value is -1.42. The molecule has 0 fully saturated rings. The molecular formula is C8H7N3S. The Morgan fingerprint density at radius 2 is 2.25 bits per heavy atom. The summed E-state index contributed by atoms with van der Waals surface area (Å²) in [6.45, 7) is 0. The number of anilines is 1. The van der Waals surface area contributed by atoms with E-state index in [0.717, 1.165) is 16.3 Å². The fourth-order valence-electron chi connectivity index (χ4n) is 0.952. The van der Waals surface area contributed by atoms with E-state index < -0.39 is 0 Å². The predicted octanol–water partition coefficient (Wildman–Crippen LogP) is 1.79. The van der Waals surface area contributed by atoms with Crippen LogP contribution < -0.4 is 5.73 Å². The highest BCUT2D eigenvalue weighted by atomic mass is 32.1. The van der Waals surface area contributed by atoms with Crippen LogP contribution in [0.15, 0.2) is 30.0 Å². The van der Waals surface area contributed by atoms with E-state index in [1.165, 1.54) is 6.33 Å². The van der Waals surface area contributed by atoms with Gasteiger partial charge in [0, 0.05) is 6.20 Å². The highest BCUT2D eigenvalue weighted by molar-refractivity contribution is 7.14. The standard InChI is InChI=1S/C8H7N3S/c9-6-2-4-12-8(6)7-1-3-10-5-11-7/h1-5H,9H2. The topological polar surface area (TPSA) is 51.8 Å². The first-order chi connectivity index (χ1) is 5.88. The molecule has 0 radical (unpaired) electrons.